The van der Waals surface area contributed by atoms with Crippen LogP contribution in [0.5, 0.6) is 0 Å². The quantitative estimate of drug-likeness (QED) is 0.521. The molecule has 5 rings (SSSR count). The van der Waals surface area contributed by atoms with Crippen LogP contribution < -0.4 is 15.1 Å². The van der Waals surface area contributed by atoms with E-state index in [1.54, 1.807) is 11.0 Å². The fourth-order valence-electron chi connectivity index (χ4n) is 5.00. The van der Waals surface area contributed by atoms with Gasteiger partial charge in [-0.3, -0.25) is 4.79 Å². The molecular weight excluding hydrogens is 539 g/mol. The molecule has 0 bridgehead atoms. The summed E-state index contributed by atoms with van der Waals surface area (Å²) in [7, 11) is 0. The molecule has 176 valence electrons. The molecule has 2 unspecified atom stereocenters. The molecule has 1 amide bonds. The van der Waals surface area contributed by atoms with Crippen molar-refractivity contribution in [2.75, 3.05) is 41.3 Å². The Hall–Kier alpha value is -2.04. The van der Waals surface area contributed by atoms with Gasteiger partial charge in [0.25, 0.3) is 11.8 Å². The third-order valence-electron chi connectivity index (χ3n) is 7.34. The molecule has 3 fully saturated rings. The highest BCUT2D eigenvalue weighted by Crippen LogP contribution is 2.57. The molecule has 6 nitrogen and oxygen atoms in total. The van der Waals surface area contributed by atoms with Crippen molar-refractivity contribution in [3.05, 3.63) is 39.1 Å². The second-order valence-electron chi connectivity index (χ2n) is 9.90. The Kier molecular flexibility index (Phi) is 5.73. The molecule has 1 aliphatic carbocycles. The van der Waals surface area contributed by atoms with Crippen LogP contribution in [0.25, 0.3) is 0 Å². The van der Waals surface area contributed by atoms with E-state index in [-0.39, 0.29) is 31.8 Å². The first-order valence-corrected chi connectivity index (χ1v) is 12.5. The standard InChI is InChI=1S/C24H28F2IN5O/c1-15-11-20(30-22(28-15)31-9-6-24(25,26)7-10-31)29-21(33)18-4-3-17(27)12-19(18)32-8-5-23(2)13-16(23)14-32/h3-4,11-12,16H,5-10,13-14H2,1-2H3,(H,28,29,30,33). The van der Waals surface area contributed by atoms with Crippen LogP contribution in [0.3, 0.4) is 0 Å². The maximum Gasteiger partial charge on any atom is 0.258 e. The lowest BCUT2D eigenvalue weighted by molar-refractivity contribution is -0.0222. The van der Waals surface area contributed by atoms with Crippen molar-refractivity contribution in [2.24, 2.45) is 11.3 Å². The van der Waals surface area contributed by atoms with Gasteiger partial charge in [-0.1, -0.05) is 6.92 Å². The Morgan fingerprint density at radius 2 is 1.85 bits per heavy atom. The van der Waals surface area contributed by atoms with E-state index in [4.69, 9.17) is 0 Å². The number of nitrogens with zero attached hydrogens (tertiary/aromatic N) is 4. The molecule has 2 aliphatic heterocycles. The number of halogens is 3. The summed E-state index contributed by atoms with van der Waals surface area (Å²) in [6, 6.07) is 7.59. The van der Waals surface area contributed by atoms with E-state index in [1.807, 2.05) is 19.1 Å². The number of aryl methyl sites for hydroxylation is 1. The van der Waals surface area contributed by atoms with Gasteiger partial charge < -0.3 is 15.1 Å². The molecule has 33 heavy (non-hydrogen) atoms. The summed E-state index contributed by atoms with van der Waals surface area (Å²) in [5.74, 6) is -1.39. The Labute approximate surface area is 206 Å². The zero-order valence-electron chi connectivity index (χ0n) is 18.9. The lowest BCUT2D eigenvalue weighted by atomic mass is 9.97. The predicted molar refractivity (Wildman–Crippen MR) is 133 cm³/mol. The summed E-state index contributed by atoms with van der Waals surface area (Å²) < 4.78 is 28.2. The summed E-state index contributed by atoms with van der Waals surface area (Å²) in [5, 5.41) is 2.93. The van der Waals surface area contributed by atoms with Crippen molar-refractivity contribution >= 4 is 46.0 Å². The number of piperidine rings is 2. The van der Waals surface area contributed by atoms with Crippen molar-refractivity contribution in [3.63, 3.8) is 0 Å². The number of benzene rings is 1. The number of rotatable bonds is 4. The van der Waals surface area contributed by atoms with Crippen molar-refractivity contribution in [3.8, 4) is 0 Å². The second-order valence-corrected chi connectivity index (χ2v) is 11.1. The molecule has 2 atom stereocenters. The highest BCUT2D eigenvalue weighted by molar-refractivity contribution is 14.1. The molecule has 0 radical (unpaired) electrons. The van der Waals surface area contributed by atoms with E-state index in [2.05, 4.69) is 55.8 Å². The van der Waals surface area contributed by atoms with E-state index >= 15 is 0 Å². The Balaban J connectivity index is 1.35. The lowest BCUT2D eigenvalue weighted by Gasteiger charge is -2.33. The number of anilines is 3. The fraction of sp³-hybridized carbons (Fsp3) is 0.542. The number of nitrogens with one attached hydrogen (secondary N) is 1. The van der Waals surface area contributed by atoms with Crippen LogP contribution in [0.2, 0.25) is 0 Å². The maximum absolute atomic E-state index is 13.6. The highest BCUT2D eigenvalue weighted by Gasteiger charge is 2.52. The number of aromatic nitrogens is 2. The summed E-state index contributed by atoms with van der Waals surface area (Å²) in [6.45, 7) is 6.49. The first-order chi connectivity index (χ1) is 15.6. The van der Waals surface area contributed by atoms with Crippen LogP contribution >= 0.6 is 22.6 Å². The molecule has 1 aromatic heterocycles. The number of alkyl halides is 2. The third kappa shape index (κ3) is 4.79. The first kappa shape index (κ1) is 22.7. The van der Waals surface area contributed by atoms with E-state index in [9.17, 15) is 13.6 Å². The third-order valence-corrected chi connectivity index (χ3v) is 8.01. The number of fused-ring (bicyclic) bond motifs is 1. The Morgan fingerprint density at radius 1 is 1.12 bits per heavy atom. The molecular formula is C24H28F2IN5O. The average molecular weight is 567 g/mol. The fourth-order valence-corrected chi connectivity index (χ4v) is 5.47. The molecule has 1 N–H and O–H groups in total. The lowest BCUT2D eigenvalue weighted by Crippen LogP contribution is -2.40. The van der Waals surface area contributed by atoms with Crippen molar-refractivity contribution < 1.29 is 13.6 Å². The van der Waals surface area contributed by atoms with Crippen molar-refractivity contribution in [1.29, 1.82) is 0 Å². The minimum atomic E-state index is -2.63. The van der Waals surface area contributed by atoms with Gasteiger partial charge in [0.15, 0.2) is 0 Å². The smallest absolute Gasteiger partial charge is 0.258 e. The van der Waals surface area contributed by atoms with Gasteiger partial charge in [-0.2, -0.15) is 4.98 Å². The van der Waals surface area contributed by atoms with E-state index in [0.29, 0.717) is 34.4 Å². The molecule has 3 heterocycles. The van der Waals surface area contributed by atoms with Gasteiger partial charge in [-0.05, 0) is 71.9 Å². The molecule has 2 saturated heterocycles. The van der Waals surface area contributed by atoms with Crippen LogP contribution in [0, 0.1) is 21.8 Å². The summed E-state index contributed by atoms with van der Waals surface area (Å²) in [6.07, 6.45) is 1.98. The van der Waals surface area contributed by atoms with Gasteiger partial charge in [0.2, 0.25) is 5.95 Å². The molecule has 1 saturated carbocycles. The average Bonchev–Trinajstić information content (AvgIpc) is 3.43. The van der Waals surface area contributed by atoms with Crippen LogP contribution in [-0.4, -0.2) is 48.0 Å². The summed E-state index contributed by atoms with van der Waals surface area (Å²) in [5.41, 5.74) is 2.74. The second kappa shape index (κ2) is 8.32. The van der Waals surface area contributed by atoms with E-state index in [1.165, 1.54) is 6.42 Å². The molecule has 3 aliphatic rings. The van der Waals surface area contributed by atoms with Gasteiger partial charge in [0.05, 0.1) is 11.3 Å². The number of hydrogen-bond acceptors (Lipinski definition) is 5. The van der Waals surface area contributed by atoms with E-state index < -0.39 is 5.92 Å². The summed E-state index contributed by atoms with van der Waals surface area (Å²) in [4.78, 5) is 26.3. The molecule has 2 aromatic rings. The minimum absolute atomic E-state index is 0.195. The molecule has 9 heteroatoms. The zero-order valence-corrected chi connectivity index (χ0v) is 21.0. The molecule has 0 spiro atoms. The zero-order chi connectivity index (χ0) is 23.4. The Bertz CT molecular complexity index is 1090. The Morgan fingerprint density at radius 3 is 2.58 bits per heavy atom. The largest absolute Gasteiger partial charge is 0.371 e. The van der Waals surface area contributed by atoms with Gasteiger partial charge in [-0.25, -0.2) is 13.8 Å². The van der Waals surface area contributed by atoms with Crippen LogP contribution in [0.4, 0.5) is 26.2 Å². The van der Waals surface area contributed by atoms with Crippen LogP contribution in [0.15, 0.2) is 24.3 Å². The number of hydrogen-bond donors (Lipinski definition) is 1. The summed E-state index contributed by atoms with van der Waals surface area (Å²) >= 11 is 2.28. The normalized spacial score (nSPS) is 26.0. The first-order valence-electron chi connectivity index (χ1n) is 11.5. The number of amides is 1. The topological polar surface area (TPSA) is 61.4 Å². The van der Waals surface area contributed by atoms with Gasteiger partial charge in [-0.15, -0.1) is 0 Å². The van der Waals surface area contributed by atoms with Crippen molar-refractivity contribution in [2.45, 2.75) is 45.5 Å². The van der Waals surface area contributed by atoms with Gasteiger partial charge in [0.1, 0.15) is 5.82 Å². The maximum atomic E-state index is 13.6. The number of carbonyl (C=O) groups is 1. The van der Waals surface area contributed by atoms with Crippen LogP contribution in [0.1, 0.15) is 48.7 Å². The van der Waals surface area contributed by atoms with Crippen molar-refractivity contribution in [1.82, 2.24) is 9.97 Å². The highest BCUT2D eigenvalue weighted by atomic mass is 127. The van der Waals surface area contributed by atoms with Crippen LogP contribution in [-0.2, 0) is 0 Å². The number of carbonyl (C=O) groups excluding carboxylic acids is 1. The predicted octanol–water partition coefficient (Wildman–Crippen LogP) is 5.11. The van der Waals surface area contributed by atoms with Gasteiger partial charge in [0, 0.05) is 54.4 Å². The van der Waals surface area contributed by atoms with E-state index in [0.717, 1.165) is 28.8 Å². The minimum Gasteiger partial charge on any atom is -0.371 e. The monoisotopic (exact) mass is 567 g/mol. The SMILES string of the molecule is Cc1cc(NC(=O)c2ccc(I)cc2N2CCC3(C)CC3C2)nc(N2CCC(F)(F)CC2)n1. The van der Waals surface area contributed by atoms with Gasteiger partial charge >= 0.3 is 0 Å². The molecule has 1 aromatic carbocycles.